The van der Waals surface area contributed by atoms with Crippen molar-refractivity contribution in [1.82, 2.24) is 20.4 Å². The quantitative estimate of drug-likeness (QED) is 0.549. The van der Waals surface area contributed by atoms with Gasteiger partial charge in [0.2, 0.25) is 5.91 Å². The lowest BCUT2D eigenvalue weighted by Gasteiger charge is -2.35. The van der Waals surface area contributed by atoms with Crippen molar-refractivity contribution < 1.29 is 19.5 Å². The van der Waals surface area contributed by atoms with Crippen LogP contribution in [0.1, 0.15) is 0 Å². The highest BCUT2D eigenvalue weighted by Crippen LogP contribution is 2.07. The molecule has 1 saturated heterocycles. The van der Waals surface area contributed by atoms with E-state index in [1.165, 1.54) is 4.90 Å². The number of urea groups is 1. The number of carbonyl (C=O) groups is 3. The molecule has 102 valence electrons. The molecule has 1 aliphatic heterocycles. The number of aliphatic carboxylic acids is 1. The molecular weight excluding hydrogens is 240 g/mol. The Morgan fingerprint density at radius 2 is 2.28 bits per heavy atom. The maximum atomic E-state index is 12.0. The summed E-state index contributed by atoms with van der Waals surface area (Å²) in [5, 5.41) is 14.4. The average Bonchev–Trinajstić information content (AvgIpc) is 2.34. The molecule has 0 aromatic carbocycles. The topological polar surface area (TPSA) is 102 Å². The van der Waals surface area contributed by atoms with E-state index in [1.807, 2.05) is 0 Å². The van der Waals surface area contributed by atoms with Crippen LogP contribution in [0.15, 0.2) is 0 Å². The van der Waals surface area contributed by atoms with E-state index in [1.54, 1.807) is 14.1 Å². The zero-order valence-corrected chi connectivity index (χ0v) is 10.5. The Kier molecular flexibility index (Phi) is 4.90. The van der Waals surface area contributed by atoms with Crippen molar-refractivity contribution in [2.45, 2.75) is 6.04 Å². The molecule has 1 rings (SSSR count). The van der Waals surface area contributed by atoms with Crippen LogP contribution in [0.25, 0.3) is 0 Å². The van der Waals surface area contributed by atoms with Crippen molar-refractivity contribution in [3.05, 3.63) is 0 Å². The highest BCUT2D eigenvalue weighted by atomic mass is 16.4. The number of hydrogen-bond acceptors (Lipinski definition) is 4. The maximum absolute atomic E-state index is 12.0. The lowest BCUT2D eigenvalue weighted by molar-refractivity contribution is -0.144. The second-order valence-corrected chi connectivity index (χ2v) is 4.09. The third-order valence-electron chi connectivity index (χ3n) is 2.74. The second kappa shape index (κ2) is 6.20. The van der Waals surface area contributed by atoms with E-state index in [9.17, 15) is 14.4 Å². The molecule has 3 amide bonds. The molecule has 1 unspecified atom stereocenters. The standard InChI is InChI=1S/C10H18N4O4/c1-11-3-4-13(2)10(18)14-6-8(15)12-5-7(14)9(16)17/h7,11H,3-6H2,1-2H3,(H,12,15)(H,16,17). The van der Waals surface area contributed by atoms with Crippen molar-refractivity contribution in [1.29, 1.82) is 0 Å². The van der Waals surface area contributed by atoms with Gasteiger partial charge in [-0.05, 0) is 7.05 Å². The first-order valence-corrected chi connectivity index (χ1v) is 5.63. The minimum Gasteiger partial charge on any atom is -0.480 e. The molecule has 0 aromatic rings. The van der Waals surface area contributed by atoms with E-state index in [-0.39, 0.29) is 19.0 Å². The van der Waals surface area contributed by atoms with Crippen LogP contribution in [-0.2, 0) is 9.59 Å². The second-order valence-electron chi connectivity index (χ2n) is 4.09. The Morgan fingerprint density at radius 3 is 2.83 bits per heavy atom. The van der Waals surface area contributed by atoms with Crippen LogP contribution in [0.5, 0.6) is 0 Å². The van der Waals surface area contributed by atoms with Gasteiger partial charge >= 0.3 is 12.0 Å². The first-order valence-electron chi connectivity index (χ1n) is 5.63. The SMILES string of the molecule is CNCCN(C)C(=O)N1CC(=O)NCC1C(=O)O. The number of piperazine rings is 1. The van der Waals surface area contributed by atoms with Crippen molar-refractivity contribution in [2.24, 2.45) is 0 Å². The molecule has 0 aromatic heterocycles. The van der Waals surface area contributed by atoms with Crippen LogP contribution in [-0.4, -0.2) is 79.1 Å². The Balaban J connectivity index is 2.72. The summed E-state index contributed by atoms with van der Waals surface area (Å²) in [5.41, 5.74) is 0. The molecule has 1 fully saturated rings. The molecule has 1 aliphatic rings. The normalized spacial score (nSPS) is 19.3. The number of carboxylic acids is 1. The third kappa shape index (κ3) is 3.33. The van der Waals surface area contributed by atoms with Gasteiger partial charge in [0, 0.05) is 26.7 Å². The average molecular weight is 258 g/mol. The molecule has 0 aliphatic carbocycles. The van der Waals surface area contributed by atoms with Gasteiger partial charge in [-0.1, -0.05) is 0 Å². The van der Waals surface area contributed by atoms with E-state index >= 15 is 0 Å². The van der Waals surface area contributed by atoms with E-state index in [2.05, 4.69) is 10.6 Å². The number of nitrogens with one attached hydrogen (secondary N) is 2. The van der Waals surface area contributed by atoms with Gasteiger partial charge in [-0.3, -0.25) is 9.69 Å². The highest BCUT2D eigenvalue weighted by Gasteiger charge is 2.36. The number of amides is 3. The van der Waals surface area contributed by atoms with Crippen molar-refractivity contribution in [2.75, 3.05) is 40.3 Å². The zero-order valence-electron chi connectivity index (χ0n) is 10.5. The number of rotatable bonds is 4. The van der Waals surface area contributed by atoms with Crippen LogP contribution in [0.2, 0.25) is 0 Å². The van der Waals surface area contributed by atoms with Crippen LogP contribution >= 0.6 is 0 Å². The first-order chi connectivity index (χ1) is 8.47. The monoisotopic (exact) mass is 258 g/mol. The summed E-state index contributed by atoms with van der Waals surface area (Å²) >= 11 is 0. The maximum Gasteiger partial charge on any atom is 0.328 e. The molecule has 8 nitrogen and oxygen atoms in total. The molecule has 18 heavy (non-hydrogen) atoms. The van der Waals surface area contributed by atoms with E-state index < -0.39 is 18.0 Å². The number of nitrogens with zero attached hydrogens (tertiary/aromatic N) is 2. The molecule has 0 bridgehead atoms. The van der Waals surface area contributed by atoms with Crippen molar-refractivity contribution in [3.63, 3.8) is 0 Å². The van der Waals surface area contributed by atoms with E-state index in [0.717, 1.165) is 4.90 Å². The number of carboxylic acid groups (broad SMARTS) is 1. The minimum atomic E-state index is -1.12. The summed E-state index contributed by atoms with van der Waals surface area (Å²) in [6, 6.07) is -1.46. The molecule has 1 heterocycles. The molecule has 0 spiro atoms. The number of hydrogen-bond donors (Lipinski definition) is 3. The fourth-order valence-electron chi connectivity index (χ4n) is 1.66. The van der Waals surface area contributed by atoms with Crippen molar-refractivity contribution >= 4 is 17.9 Å². The van der Waals surface area contributed by atoms with Crippen LogP contribution in [0.3, 0.4) is 0 Å². The van der Waals surface area contributed by atoms with Crippen molar-refractivity contribution in [3.8, 4) is 0 Å². The summed E-state index contributed by atoms with van der Waals surface area (Å²) in [6.45, 7) is 0.763. The smallest absolute Gasteiger partial charge is 0.328 e. The molecule has 1 atom stereocenters. The summed E-state index contributed by atoms with van der Waals surface area (Å²) in [7, 11) is 3.33. The Bertz CT molecular complexity index is 347. The molecular formula is C10H18N4O4. The van der Waals surface area contributed by atoms with E-state index in [0.29, 0.717) is 13.1 Å². The number of carbonyl (C=O) groups excluding carboxylic acids is 2. The largest absolute Gasteiger partial charge is 0.480 e. The zero-order chi connectivity index (χ0) is 13.7. The van der Waals surface area contributed by atoms with Crippen LogP contribution < -0.4 is 10.6 Å². The fraction of sp³-hybridized carbons (Fsp3) is 0.700. The molecule has 3 N–H and O–H groups in total. The predicted molar refractivity (Wildman–Crippen MR) is 63.1 cm³/mol. The van der Waals surface area contributed by atoms with Gasteiger partial charge in [0.05, 0.1) is 0 Å². The van der Waals surface area contributed by atoms with E-state index in [4.69, 9.17) is 5.11 Å². The first kappa shape index (κ1) is 14.2. The van der Waals surface area contributed by atoms with Crippen LogP contribution in [0.4, 0.5) is 4.79 Å². The minimum absolute atomic E-state index is 0.0558. The Hall–Kier alpha value is -1.83. The molecule has 0 saturated carbocycles. The fourth-order valence-corrected chi connectivity index (χ4v) is 1.66. The lowest BCUT2D eigenvalue weighted by Crippen LogP contribution is -2.61. The van der Waals surface area contributed by atoms with Gasteiger partial charge in [0.15, 0.2) is 0 Å². The Morgan fingerprint density at radius 1 is 1.61 bits per heavy atom. The summed E-state index contributed by atoms with van der Waals surface area (Å²) < 4.78 is 0. The lowest BCUT2D eigenvalue weighted by atomic mass is 10.2. The van der Waals surface area contributed by atoms with Gasteiger partial charge in [0.25, 0.3) is 0 Å². The number of likely N-dealkylation sites (N-methyl/N-ethyl adjacent to an activating group) is 2. The summed E-state index contributed by atoms with van der Waals surface area (Å²) in [5.74, 6) is -1.46. The predicted octanol–water partition coefficient (Wildman–Crippen LogP) is -1.86. The van der Waals surface area contributed by atoms with Gasteiger partial charge in [-0.15, -0.1) is 0 Å². The highest BCUT2D eigenvalue weighted by molar-refractivity contribution is 5.90. The van der Waals surface area contributed by atoms with Crippen LogP contribution in [0, 0.1) is 0 Å². The van der Waals surface area contributed by atoms with Gasteiger partial charge in [-0.2, -0.15) is 0 Å². The van der Waals surface area contributed by atoms with Gasteiger partial charge in [-0.25, -0.2) is 9.59 Å². The van der Waals surface area contributed by atoms with Gasteiger partial charge < -0.3 is 20.6 Å². The summed E-state index contributed by atoms with van der Waals surface area (Å²) in [6.07, 6.45) is 0. The molecule has 0 radical (unpaired) electrons. The Labute approximate surface area is 105 Å². The van der Waals surface area contributed by atoms with Gasteiger partial charge in [0.1, 0.15) is 12.6 Å². The third-order valence-corrected chi connectivity index (χ3v) is 2.74. The molecule has 8 heteroatoms. The summed E-state index contributed by atoms with van der Waals surface area (Å²) in [4.78, 5) is 36.8.